The third-order valence-corrected chi connectivity index (χ3v) is 3.13. The molecule has 2 rings (SSSR count). The van der Waals surface area contributed by atoms with Gasteiger partial charge < -0.3 is 10.3 Å². The second kappa shape index (κ2) is 5.75. The number of hydrogen-bond acceptors (Lipinski definition) is 2. The molecule has 1 aromatic carbocycles. The third kappa shape index (κ3) is 3.34. The zero-order valence-electron chi connectivity index (χ0n) is 11.4. The summed E-state index contributed by atoms with van der Waals surface area (Å²) < 4.78 is 53.2. The molecule has 0 unspecified atom stereocenters. The maximum absolute atomic E-state index is 13.4. The minimum atomic E-state index is -4.61. The number of hydrogen-bond donors (Lipinski definition) is 1. The lowest BCUT2D eigenvalue weighted by molar-refractivity contribution is -0.137. The molecule has 3 nitrogen and oxygen atoms in total. The molecule has 0 bridgehead atoms. The SMILES string of the molecule is CCCCn1cnc(-c2cc(F)cc(C(F)(F)F)c2)c1N. The van der Waals surface area contributed by atoms with E-state index in [1.807, 2.05) is 6.92 Å². The van der Waals surface area contributed by atoms with Gasteiger partial charge in [-0.2, -0.15) is 13.2 Å². The van der Waals surface area contributed by atoms with Gasteiger partial charge in [0, 0.05) is 12.1 Å². The number of imidazole rings is 1. The van der Waals surface area contributed by atoms with Gasteiger partial charge in [-0.25, -0.2) is 9.37 Å². The summed E-state index contributed by atoms with van der Waals surface area (Å²) in [5, 5.41) is 0. The Labute approximate surface area is 119 Å². The molecule has 0 spiro atoms. The van der Waals surface area contributed by atoms with Crippen molar-refractivity contribution in [2.24, 2.45) is 0 Å². The zero-order chi connectivity index (χ0) is 15.6. The van der Waals surface area contributed by atoms with Crippen LogP contribution in [-0.2, 0) is 12.7 Å². The fourth-order valence-corrected chi connectivity index (χ4v) is 2.01. The number of unbranched alkanes of at least 4 members (excludes halogenated alkanes) is 1. The Bertz CT molecular complexity index is 632. The number of nitrogens with two attached hydrogens (primary N) is 1. The number of aryl methyl sites for hydroxylation is 1. The summed E-state index contributed by atoms with van der Waals surface area (Å²) in [5.41, 5.74) is 5.01. The molecule has 114 valence electrons. The van der Waals surface area contributed by atoms with Gasteiger partial charge in [0.15, 0.2) is 0 Å². The fourth-order valence-electron chi connectivity index (χ4n) is 2.01. The molecule has 2 aromatic rings. The minimum absolute atomic E-state index is 0.0232. The normalized spacial score (nSPS) is 11.9. The highest BCUT2D eigenvalue weighted by Crippen LogP contribution is 2.34. The molecule has 7 heteroatoms. The fraction of sp³-hybridized carbons (Fsp3) is 0.357. The van der Waals surface area contributed by atoms with E-state index in [1.165, 1.54) is 6.33 Å². The first kappa shape index (κ1) is 15.3. The van der Waals surface area contributed by atoms with Crippen LogP contribution in [0.2, 0.25) is 0 Å². The lowest BCUT2D eigenvalue weighted by atomic mass is 10.1. The van der Waals surface area contributed by atoms with Gasteiger partial charge >= 0.3 is 6.18 Å². The first-order valence-corrected chi connectivity index (χ1v) is 6.51. The van der Waals surface area contributed by atoms with Crippen molar-refractivity contribution in [2.45, 2.75) is 32.5 Å². The number of halogens is 4. The number of rotatable bonds is 4. The molecule has 0 aliphatic carbocycles. The van der Waals surface area contributed by atoms with Crippen LogP contribution in [0.15, 0.2) is 24.5 Å². The zero-order valence-corrected chi connectivity index (χ0v) is 11.4. The van der Waals surface area contributed by atoms with Gasteiger partial charge in [-0.05, 0) is 24.6 Å². The summed E-state index contributed by atoms with van der Waals surface area (Å²) in [4.78, 5) is 4.01. The molecule has 0 aliphatic rings. The summed E-state index contributed by atoms with van der Waals surface area (Å²) >= 11 is 0. The Kier molecular flexibility index (Phi) is 4.20. The summed E-state index contributed by atoms with van der Waals surface area (Å²) in [6.07, 6.45) is -1.34. The molecule has 2 N–H and O–H groups in total. The van der Waals surface area contributed by atoms with E-state index in [4.69, 9.17) is 5.73 Å². The average Bonchev–Trinajstić information content (AvgIpc) is 2.76. The van der Waals surface area contributed by atoms with Crippen molar-refractivity contribution in [2.75, 3.05) is 5.73 Å². The van der Waals surface area contributed by atoms with Crippen LogP contribution in [0.4, 0.5) is 23.4 Å². The predicted molar refractivity (Wildman–Crippen MR) is 71.9 cm³/mol. The van der Waals surface area contributed by atoms with Gasteiger partial charge in [0.1, 0.15) is 17.3 Å². The van der Waals surface area contributed by atoms with E-state index in [0.717, 1.165) is 25.0 Å². The maximum atomic E-state index is 13.4. The number of alkyl halides is 3. The minimum Gasteiger partial charge on any atom is -0.383 e. The Morgan fingerprint density at radius 3 is 2.57 bits per heavy atom. The Balaban J connectivity index is 2.43. The van der Waals surface area contributed by atoms with Crippen molar-refractivity contribution < 1.29 is 17.6 Å². The molecule has 0 saturated heterocycles. The second-order valence-electron chi connectivity index (χ2n) is 4.75. The van der Waals surface area contributed by atoms with E-state index in [-0.39, 0.29) is 17.1 Å². The molecule has 0 atom stereocenters. The van der Waals surface area contributed by atoms with E-state index in [9.17, 15) is 17.6 Å². The van der Waals surface area contributed by atoms with Gasteiger partial charge in [0.05, 0.1) is 11.9 Å². The molecule has 21 heavy (non-hydrogen) atoms. The summed E-state index contributed by atoms with van der Waals surface area (Å²) in [6.45, 7) is 2.63. The maximum Gasteiger partial charge on any atom is 0.416 e. The third-order valence-electron chi connectivity index (χ3n) is 3.13. The van der Waals surface area contributed by atoms with Gasteiger partial charge in [0.2, 0.25) is 0 Å². The van der Waals surface area contributed by atoms with Crippen molar-refractivity contribution >= 4 is 5.82 Å². The Hall–Kier alpha value is -2.05. The first-order chi connectivity index (χ1) is 9.82. The highest BCUT2D eigenvalue weighted by atomic mass is 19.4. The standard InChI is InChI=1S/C14H15F4N3/c1-2-3-4-21-8-20-12(13(21)19)9-5-10(14(16,17)18)7-11(15)6-9/h5-8H,2-4,19H2,1H3. The monoisotopic (exact) mass is 301 g/mol. The lowest BCUT2D eigenvalue weighted by Crippen LogP contribution is -2.06. The van der Waals surface area contributed by atoms with Crippen LogP contribution in [0, 0.1) is 5.82 Å². The Morgan fingerprint density at radius 1 is 1.24 bits per heavy atom. The van der Waals surface area contributed by atoms with Crippen LogP contribution in [0.5, 0.6) is 0 Å². The van der Waals surface area contributed by atoms with Crippen molar-refractivity contribution in [3.05, 3.63) is 35.9 Å². The van der Waals surface area contributed by atoms with Gasteiger partial charge in [-0.3, -0.25) is 0 Å². The molecule has 1 aromatic heterocycles. The lowest BCUT2D eigenvalue weighted by Gasteiger charge is -2.09. The molecule has 1 heterocycles. The highest BCUT2D eigenvalue weighted by Gasteiger charge is 2.31. The smallest absolute Gasteiger partial charge is 0.383 e. The second-order valence-corrected chi connectivity index (χ2v) is 4.75. The molecular formula is C14H15F4N3. The van der Waals surface area contributed by atoms with Crippen LogP contribution in [0.3, 0.4) is 0 Å². The summed E-state index contributed by atoms with van der Waals surface area (Å²) in [7, 11) is 0. The number of aromatic nitrogens is 2. The van der Waals surface area contributed by atoms with Crippen LogP contribution in [0.1, 0.15) is 25.3 Å². The average molecular weight is 301 g/mol. The van der Waals surface area contributed by atoms with Crippen molar-refractivity contribution in [3.63, 3.8) is 0 Å². The molecule has 0 amide bonds. The number of benzene rings is 1. The number of anilines is 1. The van der Waals surface area contributed by atoms with Crippen molar-refractivity contribution in [1.82, 2.24) is 9.55 Å². The van der Waals surface area contributed by atoms with Gasteiger partial charge in [-0.15, -0.1) is 0 Å². The van der Waals surface area contributed by atoms with E-state index in [0.29, 0.717) is 12.6 Å². The largest absolute Gasteiger partial charge is 0.416 e. The molecule has 0 aliphatic heterocycles. The first-order valence-electron chi connectivity index (χ1n) is 6.51. The topological polar surface area (TPSA) is 43.8 Å². The summed E-state index contributed by atoms with van der Waals surface area (Å²) in [6, 6.07) is 2.30. The van der Waals surface area contributed by atoms with Crippen molar-refractivity contribution in [3.8, 4) is 11.3 Å². The number of nitrogens with zero attached hydrogens (tertiary/aromatic N) is 2. The van der Waals surface area contributed by atoms with Crippen LogP contribution in [0.25, 0.3) is 11.3 Å². The van der Waals surface area contributed by atoms with E-state index >= 15 is 0 Å². The number of nitrogen functional groups attached to an aromatic ring is 1. The quantitative estimate of drug-likeness (QED) is 0.864. The highest BCUT2D eigenvalue weighted by molar-refractivity contribution is 5.71. The van der Waals surface area contributed by atoms with Crippen LogP contribution >= 0.6 is 0 Å². The van der Waals surface area contributed by atoms with Gasteiger partial charge in [0.25, 0.3) is 0 Å². The van der Waals surface area contributed by atoms with E-state index < -0.39 is 17.6 Å². The van der Waals surface area contributed by atoms with Crippen LogP contribution in [-0.4, -0.2) is 9.55 Å². The molecule has 0 fully saturated rings. The Morgan fingerprint density at radius 2 is 1.95 bits per heavy atom. The van der Waals surface area contributed by atoms with Crippen molar-refractivity contribution in [1.29, 1.82) is 0 Å². The summed E-state index contributed by atoms with van der Waals surface area (Å²) in [5.74, 6) is -0.732. The van der Waals surface area contributed by atoms with Gasteiger partial charge in [-0.1, -0.05) is 13.3 Å². The van der Waals surface area contributed by atoms with Crippen LogP contribution < -0.4 is 5.73 Å². The molecule has 0 radical (unpaired) electrons. The predicted octanol–water partition coefficient (Wildman–Crippen LogP) is 4.09. The molecular weight excluding hydrogens is 286 g/mol. The van der Waals surface area contributed by atoms with E-state index in [2.05, 4.69) is 4.98 Å². The van der Waals surface area contributed by atoms with E-state index in [1.54, 1.807) is 4.57 Å². The molecule has 0 saturated carbocycles.